The predicted octanol–water partition coefficient (Wildman–Crippen LogP) is -0.803. The van der Waals surface area contributed by atoms with Crippen LogP contribution in [0.25, 0.3) is 0 Å². The van der Waals surface area contributed by atoms with Crippen molar-refractivity contribution < 1.29 is 27.3 Å². The Morgan fingerprint density at radius 2 is 1.93 bits per heavy atom. The first kappa shape index (κ1) is 21.3. The molecule has 2 rings (SSSR count). The molecule has 1 aromatic rings. The molecular formula is C17H26FN4O4S+. The number of sulfonamides is 1. The van der Waals surface area contributed by atoms with Crippen molar-refractivity contribution in [2.75, 3.05) is 39.3 Å². The molecule has 1 aromatic carbocycles. The standard InChI is InChI=1S/C17H25FN4O4S/c1-13(2)11-19-17(24)20-16(23)12-21-6-8-22(9-7-21)27(25,26)15-5-3-4-14(18)10-15/h3-5,10,13H,6-9,11-12H2,1-2H3,(H2,19,20,23,24)/p+1. The predicted molar refractivity (Wildman–Crippen MR) is 97.1 cm³/mol. The number of carbonyl (C=O) groups is 2. The molecule has 3 amide bonds. The Hall–Kier alpha value is -2.04. The van der Waals surface area contributed by atoms with Crippen LogP contribution in [0.15, 0.2) is 29.2 Å². The lowest BCUT2D eigenvalue weighted by molar-refractivity contribution is -0.895. The summed E-state index contributed by atoms with van der Waals surface area (Å²) in [6, 6.07) is 4.38. The van der Waals surface area contributed by atoms with Gasteiger partial charge in [0.15, 0.2) is 6.54 Å². The second-order valence-corrected chi connectivity index (χ2v) is 8.88. The number of nitrogens with zero attached hydrogens (tertiary/aromatic N) is 1. The first-order valence-electron chi connectivity index (χ1n) is 8.85. The Morgan fingerprint density at radius 3 is 2.52 bits per heavy atom. The van der Waals surface area contributed by atoms with Crippen molar-refractivity contribution >= 4 is 22.0 Å². The van der Waals surface area contributed by atoms with Crippen LogP contribution in [0.1, 0.15) is 13.8 Å². The van der Waals surface area contributed by atoms with Crippen molar-refractivity contribution in [3.63, 3.8) is 0 Å². The number of quaternary nitrogens is 1. The highest BCUT2D eigenvalue weighted by Crippen LogP contribution is 2.16. The third kappa shape index (κ3) is 6.26. The number of nitrogens with one attached hydrogen (secondary N) is 3. The Labute approximate surface area is 158 Å². The van der Waals surface area contributed by atoms with Crippen molar-refractivity contribution in [1.82, 2.24) is 14.9 Å². The van der Waals surface area contributed by atoms with Gasteiger partial charge in [-0.25, -0.2) is 17.6 Å². The van der Waals surface area contributed by atoms with Gasteiger partial charge in [0.05, 0.1) is 31.1 Å². The summed E-state index contributed by atoms with van der Waals surface area (Å²) < 4.78 is 39.7. The van der Waals surface area contributed by atoms with E-state index in [2.05, 4.69) is 10.6 Å². The fourth-order valence-electron chi connectivity index (χ4n) is 2.73. The van der Waals surface area contributed by atoms with Gasteiger partial charge in [0.2, 0.25) is 10.0 Å². The minimum Gasteiger partial charge on any atom is -0.338 e. The van der Waals surface area contributed by atoms with Gasteiger partial charge in [-0.2, -0.15) is 4.31 Å². The summed E-state index contributed by atoms with van der Waals surface area (Å²) in [5.41, 5.74) is 0. The van der Waals surface area contributed by atoms with Crippen molar-refractivity contribution in [3.8, 4) is 0 Å². The minimum atomic E-state index is -3.76. The monoisotopic (exact) mass is 401 g/mol. The quantitative estimate of drug-likeness (QED) is 0.581. The van der Waals surface area contributed by atoms with Crippen molar-refractivity contribution in [1.29, 1.82) is 0 Å². The number of rotatable bonds is 6. The van der Waals surface area contributed by atoms with Crippen molar-refractivity contribution in [2.24, 2.45) is 5.92 Å². The van der Waals surface area contributed by atoms with Gasteiger partial charge >= 0.3 is 6.03 Å². The molecular weight excluding hydrogens is 375 g/mol. The Bertz CT molecular complexity index is 777. The number of hydrogen-bond donors (Lipinski definition) is 3. The molecule has 0 aromatic heterocycles. The van der Waals surface area contributed by atoms with E-state index in [9.17, 15) is 22.4 Å². The molecule has 3 N–H and O–H groups in total. The number of hydrogen-bond acceptors (Lipinski definition) is 4. The molecule has 10 heteroatoms. The zero-order valence-electron chi connectivity index (χ0n) is 15.5. The van der Waals surface area contributed by atoms with Gasteiger partial charge < -0.3 is 10.2 Å². The zero-order chi connectivity index (χ0) is 20.0. The van der Waals surface area contributed by atoms with Crippen molar-refractivity contribution in [2.45, 2.75) is 18.7 Å². The van der Waals surface area contributed by atoms with Crippen molar-refractivity contribution in [3.05, 3.63) is 30.1 Å². The van der Waals surface area contributed by atoms with E-state index in [1.807, 2.05) is 13.8 Å². The molecule has 1 aliphatic rings. The van der Waals surface area contributed by atoms with Gasteiger partial charge in [-0.3, -0.25) is 10.1 Å². The smallest absolute Gasteiger partial charge is 0.321 e. The highest BCUT2D eigenvalue weighted by atomic mass is 32.2. The van der Waals surface area contributed by atoms with Crippen LogP contribution in [0.2, 0.25) is 0 Å². The van der Waals surface area contributed by atoms with Crippen LogP contribution in [0.4, 0.5) is 9.18 Å². The summed E-state index contributed by atoms with van der Waals surface area (Å²) in [5.74, 6) is -0.731. The highest BCUT2D eigenvalue weighted by Gasteiger charge is 2.31. The Balaban J connectivity index is 1.83. The van der Waals surface area contributed by atoms with Gasteiger partial charge in [0.1, 0.15) is 5.82 Å². The van der Waals surface area contributed by atoms with Crippen LogP contribution < -0.4 is 15.5 Å². The number of carbonyl (C=O) groups excluding carboxylic acids is 2. The number of imide groups is 1. The lowest BCUT2D eigenvalue weighted by Crippen LogP contribution is -3.15. The van der Waals surface area contributed by atoms with Gasteiger partial charge in [-0.05, 0) is 24.1 Å². The van der Waals surface area contributed by atoms with E-state index in [0.717, 1.165) is 11.0 Å². The number of benzene rings is 1. The summed E-state index contributed by atoms with van der Waals surface area (Å²) in [6.45, 7) is 5.76. The summed E-state index contributed by atoms with van der Waals surface area (Å²) in [6.07, 6.45) is 0. The molecule has 150 valence electrons. The summed E-state index contributed by atoms with van der Waals surface area (Å²) in [7, 11) is -3.76. The van der Waals surface area contributed by atoms with Gasteiger partial charge in [-0.15, -0.1) is 0 Å². The molecule has 0 bridgehead atoms. The normalized spacial score (nSPS) is 16.3. The van der Waals surface area contributed by atoms with Gasteiger partial charge in [0.25, 0.3) is 5.91 Å². The third-order valence-corrected chi connectivity index (χ3v) is 6.09. The third-order valence-electron chi connectivity index (χ3n) is 4.20. The summed E-state index contributed by atoms with van der Waals surface area (Å²) >= 11 is 0. The molecule has 8 nitrogen and oxygen atoms in total. The van der Waals surface area contributed by atoms with Crippen LogP contribution in [0, 0.1) is 11.7 Å². The second kappa shape index (κ2) is 9.25. The average molecular weight is 401 g/mol. The van der Waals surface area contributed by atoms with E-state index in [4.69, 9.17) is 0 Å². The largest absolute Gasteiger partial charge is 0.338 e. The zero-order valence-corrected chi connectivity index (χ0v) is 16.3. The van der Waals surface area contributed by atoms with Crippen LogP contribution in [0.5, 0.6) is 0 Å². The molecule has 0 atom stereocenters. The number of urea groups is 1. The molecule has 27 heavy (non-hydrogen) atoms. The molecule has 0 radical (unpaired) electrons. The molecule has 0 unspecified atom stereocenters. The van der Waals surface area contributed by atoms with E-state index in [1.165, 1.54) is 22.5 Å². The molecule has 0 saturated carbocycles. The van der Waals surface area contributed by atoms with E-state index in [1.54, 1.807) is 0 Å². The number of amides is 3. The SMILES string of the molecule is CC(C)CNC(=O)NC(=O)C[NH+]1CCN(S(=O)(=O)c2cccc(F)c2)CC1. The highest BCUT2D eigenvalue weighted by molar-refractivity contribution is 7.89. The maximum Gasteiger partial charge on any atom is 0.321 e. The fourth-order valence-corrected chi connectivity index (χ4v) is 4.21. The molecule has 1 aliphatic heterocycles. The van der Waals surface area contributed by atoms with Crippen LogP contribution in [-0.4, -0.2) is 63.9 Å². The van der Waals surface area contributed by atoms with E-state index in [0.29, 0.717) is 19.6 Å². The number of halogens is 1. The lowest BCUT2D eigenvalue weighted by Gasteiger charge is -2.31. The van der Waals surface area contributed by atoms with Crippen LogP contribution in [-0.2, 0) is 14.8 Å². The number of piperazine rings is 1. The average Bonchev–Trinajstić information content (AvgIpc) is 2.60. The summed E-state index contributed by atoms with van der Waals surface area (Å²) in [4.78, 5) is 24.3. The van der Waals surface area contributed by atoms with Gasteiger partial charge in [0, 0.05) is 6.54 Å². The van der Waals surface area contributed by atoms with Crippen LogP contribution >= 0.6 is 0 Å². The second-order valence-electron chi connectivity index (χ2n) is 6.94. The van der Waals surface area contributed by atoms with E-state index < -0.39 is 27.8 Å². The minimum absolute atomic E-state index is 0.0782. The molecule has 0 spiro atoms. The van der Waals surface area contributed by atoms with Crippen LogP contribution in [0.3, 0.4) is 0 Å². The Morgan fingerprint density at radius 1 is 1.26 bits per heavy atom. The summed E-state index contributed by atoms with van der Waals surface area (Å²) in [5, 5.41) is 4.87. The fraction of sp³-hybridized carbons (Fsp3) is 0.529. The first-order valence-corrected chi connectivity index (χ1v) is 10.3. The van der Waals surface area contributed by atoms with E-state index in [-0.39, 0.29) is 30.4 Å². The molecule has 1 fully saturated rings. The Kier molecular flexibility index (Phi) is 7.28. The molecule has 1 saturated heterocycles. The van der Waals surface area contributed by atoms with E-state index >= 15 is 0 Å². The topological polar surface area (TPSA) is 100 Å². The maximum absolute atomic E-state index is 13.3. The maximum atomic E-state index is 13.3. The first-order chi connectivity index (χ1) is 12.7. The van der Waals surface area contributed by atoms with Gasteiger partial charge in [-0.1, -0.05) is 19.9 Å². The lowest BCUT2D eigenvalue weighted by atomic mass is 10.2. The molecule has 1 heterocycles. The molecule has 0 aliphatic carbocycles.